The van der Waals surface area contributed by atoms with Crippen LogP contribution in [-0.4, -0.2) is 6.61 Å². The molecule has 0 aromatic heterocycles. The van der Waals surface area contributed by atoms with Crippen molar-refractivity contribution in [2.75, 3.05) is 6.61 Å². The molecule has 2 unspecified atom stereocenters. The smallest absolute Gasteiger partial charge is 0.139 e. The monoisotopic (exact) mass is 308 g/mol. The van der Waals surface area contributed by atoms with Gasteiger partial charge in [0.1, 0.15) is 5.75 Å². The summed E-state index contributed by atoms with van der Waals surface area (Å²) in [5.74, 6) is 1.40. The third-order valence-corrected chi connectivity index (χ3v) is 4.42. The van der Waals surface area contributed by atoms with Crippen LogP contribution in [0.1, 0.15) is 38.6 Å². The first-order valence-corrected chi connectivity index (χ1v) is 7.33. The van der Waals surface area contributed by atoms with E-state index in [1.165, 1.54) is 0 Å². The maximum atomic E-state index is 6.47. The largest absolute Gasteiger partial charge is 0.492 e. The summed E-state index contributed by atoms with van der Waals surface area (Å²) in [5, 5.41) is 1.01. The summed E-state index contributed by atoms with van der Waals surface area (Å²) in [5.41, 5.74) is 0.869. The Labute approximate surface area is 124 Å². The van der Waals surface area contributed by atoms with Crippen LogP contribution in [0.4, 0.5) is 0 Å². The Hall–Kier alpha value is -0.110. The first-order valence-electron chi connectivity index (χ1n) is 6.14. The van der Waals surface area contributed by atoms with Crippen molar-refractivity contribution in [3.8, 4) is 5.75 Å². The van der Waals surface area contributed by atoms with Crippen LogP contribution in [-0.2, 0) is 0 Å². The molecule has 0 aliphatic rings. The Bertz CT molecular complexity index is 404. The summed E-state index contributed by atoms with van der Waals surface area (Å²) in [6.45, 7) is 8.86. The SMILES string of the molecule is CCOc1cc(Cl)c(C(Cl)C(C)C(C)C)cc1Cl. The maximum Gasteiger partial charge on any atom is 0.139 e. The molecule has 18 heavy (non-hydrogen) atoms. The molecule has 0 saturated carbocycles. The zero-order valence-electron chi connectivity index (χ0n) is 11.1. The second kappa shape index (κ2) is 6.88. The van der Waals surface area contributed by atoms with Crippen LogP contribution in [0.15, 0.2) is 12.1 Å². The predicted octanol–water partition coefficient (Wildman–Crippen LogP) is 5.96. The van der Waals surface area contributed by atoms with Crippen molar-refractivity contribution < 1.29 is 4.74 Å². The van der Waals surface area contributed by atoms with E-state index in [1.54, 1.807) is 6.07 Å². The molecular weight excluding hydrogens is 291 g/mol. The minimum absolute atomic E-state index is 0.148. The van der Waals surface area contributed by atoms with Crippen LogP contribution in [0.3, 0.4) is 0 Å². The molecule has 102 valence electrons. The Morgan fingerprint density at radius 1 is 1.11 bits per heavy atom. The van der Waals surface area contributed by atoms with E-state index in [4.69, 9.17) is 39.5 Å². The highest BCUT2D eigenvalue weighted by atomic mass is 35.5. The summed E-state index contributed by atoms with van der Waals surface area (Å²) in [6, 6.07) is 3.55. The second-order valence-corrected chi connectivity index (χ2v) is 6.03. The normalized spacial score (nSPS) is 14.7. The van der Waals surface area contributed by atoms with Crippen molar-refractivity contribution in [1.82, 2.24) is 0 Å². The molecule has 0 radical (unpaired) electrons. The molecule has 1 nitrogen and oxygen atoms in total. The van der Waals surface area contributed by atoms with Gasteiger partial charge in [0.05, 0.1) is 17.0 Å². The van der Waals surface area contributed by atoms with E-state index in [0.717, 1.165) is 5.56 Å². The number of rotatable bonds is 5. The lowest BCUT2D eigenvalue weighted by Gasteiger charge is -2.23. The number of hydrogen-bond donors (Lipinski definition) is 0. The van der Waals surface area contributed by atoms with Crippen molar-refractivity contribution in [1.29, 1.82) is 0 Å². The molecule has 0 N–H and O–H groups in total. The number of alkyl halides is 1. The third-order valence-electron chi connectivity index (χ3n) is 3.16. The first-order chi connectivity index (χ1) is 8.38. The van der Waals surface area contributed by atoms with Gasteiger partial charge < -0.3 is 4.74 Å². The zero-order chi connectivity index (χ0) is 13.9. The van der Waals surface area contributed by atoms with E-state index in [9.17, 15) is 0 Å². The Morgan fingerprint density at radius 3 is 2.22 bits per heavy atom. The van der Waals surface area contributed by atoms with Crippen molar-refractivity contribution >= 4 is 34.8 Å². The van der Waals surface area contributed by atoms with Gasteiger partial charge in [-0.2, -0.15) is 0 Å². The zero-order valence-corrected chi connectivity index (χ0v) is 13.4. The van der Waals surface area contributed by atoms with Crippen LogP contribution >= 0.6 is 34.8 Å². The van der Waals surface area contributed by atoms with E-state index >= 15 is 0 Å². The number of hydrogen-bond acceptors (Lipinski definition) is 1. The van der Waals surface area contributed by atoms with E-state index in [-0.39, 0.29) is 5.38 Å². The molecule has 2 atom stereocenters. The molecule has 0 aliphatic heterocycles. The average molecular weight is 310 g/mol. The van der Waals surface area contributed by atoms with E-state index in [1.807, 2.05) is 13.0 Å². The van der Waals surface area contributed by atoms with Gasteiger partial charge >= 0.3 is 0 Å². The van der Waals surface area contributed by atoms with Gasteiger partial charge in [0, 0.05) is 11.1 Å². The minimum atomic E-state index is -0.148. The quantitative estimate of drug-likeness (QED) is 0.609. The fourth-order valence-corrected chi connectivity index (χ4v) is 2.67. The molecule has 1 rings (SSSR count). The summed E-state index contributed by atoms with van der Waals surface area (Å²) < 4.78 is 5.40. The highest BCUT2D eigenvalue weighted by Crippen LogP contribution is 2.41. The lowest BCUT2D eigenvalue weighted by atomic mass is 9.90. The topological polar surface area (TPSA) is 9.23 Å². The molecule has 4 heteroatoms. The first kappa shape index (κ1) is 15.9. The van der Waals surface area contributed by atoms with Crippen LogP contribution in [0, 0.1) is 11.8 Å². The predicted molar refractivity (Wildman–Crippen MR) is 80.2 cm³/mol. The van der Waals surface area contributed by atoms with E-state index in [0.29, 0.717) is 34.2 Å². The highest BCUT2D eigenvalue weighted by molar-refractivity contribution is 6.35. The van der Waals surface area contributed by atoms with Gasteiger partial charge in [-0.3, -0.25) is 0 Å². The molecule has 1 aromatic carbocycles. The van der Waals surface area contributed by atoms with Crippen LogP contribution in [0.25, 0.3) is 0 Å². The third kappa shape index (κ3) is 3.69. The van der Waals surface area contributed by atoms with Gasteiger partial charge in [0.25, 0.3) is 0 Å². The van der Waals surface area contributed by atoms with Crippen LogP contribution in [0.2, 0.25) is 10.0 Å². The second-order valence-electron chi connectivity index (χ2n) is 4.74. The standard InChI is InChI=1S/C14H19Cl3O/c1-5-18-13-7-11(15)10(6-12(13)16)14(17)9(4)8(2)3/h6-9,14H,5H2,1-4H3. The van der Waals surface area contributed by atoms with E-state index < -0.39 is 0 Å². The minimum Gasteiger partial charge on any atom is -0.492 e. The van der Waals surface area contributed by atoms with Crippen LogP contribution < -0.4 is 4.74 Å². The summed E-state index contributed by atoms with van der Waals surface area (Å²) in [4.78, 5) is 0. The lowest BCUT2D eigenvalue weighted by molar-refractivity contribution is 0.340. The number of halogens is 3. The molecule has 0 bridgehead atoms. The van der Waals surface area contributed by atoms with Gasteiger partial charge in [-0.25, -0.2) is 0 Å². The van der Waals surface area contributed by atoms with Gasteiger partial charge in [0.15, 0.2) is 0 Å². The molecule has 0 saturated heterocycles. The Morgan fingerprint density at radius 2 is 1.72 bits per heavy atom. The molecule has 0 aliphatic carbocycles. The maximum absolute atomic E-state index is 6.47. The van der Waals surface area contributed by atoms with Crippen molar-refractivity contribution in [3.63, 3.8) is 0 Å². The Balaban J connectivity index is 3.07. The molecular formula is C14H19Cl3O. The summed E-state index contributed by atoms with van der Waals surface area (Å²) in [7, 11) is 0. The molecule has 0 fully saturated rings. The fourth-order valence-electron chi connectivity index (χ4n) is 1.64. The van der Waals surface area contributed by atoms with Crippen molar-refractivity contribution in [3.05, 3.63) is 27.7 Å². The van der Waals surface area contributed by atoms with Gasteiger partial charge in [-0.05, 0) is 30.4 Å². The fraction of sp³-hybridized carbons (Fsp3) is 0.571. The lowest BCUT2D eigenvalue weighted by Crippen LogP contribution is -2.11. The van der Waals surface area contributed by atoms with Crippen LogP contribution in [0.5, 0.6) is 5.75 Å². The van der Waals surface area contributed by atoms with Gasteiger partial charge in [-0.1, -0.05) is 44.0 Å². The number of ether oxygens (including phenoxy) is 1. The number of benzene rings is 1. The summed E-state index contributed by atoms with van der Waals surface area (Å²) >= 11 is 18.9. The molecule has 0 heterocycles. The van der Waals surface area contributed by atoms with Crippen molar-refractivity contribution in [2.45, 2.75) is 33.1 Å². The van der Waals surface area contributed by atoms with Gasteiger partial charge in [-0.15, -0.1) is 11.6 Å². The van der Waals surface area contributed by atoms with Gasteiger partial charge in [0.2, 0.25) is 0 Å². The Kier molecular flexibility index (Phi) is 6.10. The summed E-state index contributed by atoms with van der Waals surface area (Å²) in [6.07, 6.45) is 0. The van der Waals surface area contributed by atoms with E-state index in [2.05, 4.69) is 20.8 Å². The molecule has 0 amide bonds. The average Bonchev–Trinajstić information content (AvgIpc) is 2.31. The van der Waals surface area contributed by atoms with Crippen molar-refractivity contribution in [2.24, 2.45) is 11.8 Å². The highest BCUT2D eigenvalue weighted by Gasteiger charge is 2.23. The molecule has 1 aromatic rings. The molecule has 0 spiro atoms.